The maximum Gasteiger partial charge on any atom is 0.123 e. The van der Waals surface area contributed by atoms with Gasteiger partial charge in [0.2, 0.25) is 0 Å². The molecule has 0 aromatic heterocycles. The Kier molecular flexibility index (Phi) is 3.27. The van der Waals surface area contributed by atoms with Gasteiger partial charge in [-0.1, -0.05) is 32.9 Å². The van der Waals surface area contributed by atoms with E-state index < -0.39 is 0 Å². The lowest BCUT2D eigenvalue weighted by molar-refractivity contribution is 0.181. The molecule has 1 nitrogen and oxygen atoms in total. The van der Waals surface area contributed by atoms with Crippen molar-refractivity contribution >= 4 is 0 Å². The van der Waals surface area contributed by atoms with Gasteiger partial charge in [-0.15, -0.1) is 0 Å². The number of benzene rings is 1. The predicted octanol–water partition coefficient (Wildman–Crippen LogP) is 2.73. The predicted molar refractivity (Wildman–Crippen MR) is 55.7 cm³/mol. The number of aliphatic hydroxyl groups is 1. The van der Waals surface area contributed by atoms with Crippen LogP contribution in [-0.2, 0) is 5.41 Å². The highest BCUT2D eigenvalue weighted by molar-refractivity contribution is 5.24. The van der Waals surface area contributed by atoms with Crippen molar-refractivity contribution in [3.63, 3.8) is 0 Å². The van der Waals surface area contributed by atoms with Crippen LogP contribution in [0.5, 0.6) is 0 Å². The molecule has 0 bridgehead atoms. The molecule has 1 rings (SSSR count). The largest absolute Gasteiger partial charge is 0.396 e. The quantitative estimate of drug-likeness (QED) is 0.788. The molecule has 0 saturated carbocycles. The Morgan fingerprint density at radius 3 is 2.21 bits per heavy atom. The van der Waals surface area contributed by atoms with Crippen LogP contribution in [0.4, 0.5) is 4.39 Å². The van der Waals surface area contributed by atoms with Gasteiger partial charge in [-0.05, 0) is 29.0 Å². The smallest absolute Gasteiger partial charge is 0.123 e. The normalized spacial score (nSPS) is 14.1. The number of rotatable bonds is 3. The first-order valence-electron chi connectivity index (χ1n) is 4.85. The van der Waals surface area contributed by atoms with Crippen molar-refractivity contribution < 1.29 is 9.50 Å². The zero-order valence-corrected chi connectivity index (χ0v) is 8.92. The van der Waals surface area contributed by atoms with Crippen LogP contribution in [0.25, 0.3) is 0 Å². The summed E-state index contributed by atoms with van der Waals surface area (Å²) in [4.78, 5) is 0. The Morgan fingerprint density at radius 2 is 1.79 bits per heavy atom. The van der Waals surface area contributed by atoms with E-state index >= 15 is 0 Å². The summed E-state index contributed by atoms with van der Waals surface area (Å²) in [6.07, 6.45) is 0. The number of halogens is 1. The van der Waals surface area contributed by atoms with Crippen LogP contribution < -0.4 is 0 Å². The molecule has 0 aliphatic heterocycles. The Labute approximate surface area is 84.6 Å². The third-order valence-corrected chi connectivity index (χ3v) is 3.09. The minimum absolute atomic E-state index is 0.123. The monoisotopic (exact) mass is 196 g/mol. The van der Waals surface area contributed by atoms with Crippen LogP contribution >= 0.6 is 0 Å². The molecule has 1 aromatic rings. The van der Waals surface area contributed by atoms with Gasteiger partial charge >= 0.3 is 0 Å². The molecule has 0 heterocycles. The van der Waals surface area contributed by atoms with Crippen molar-refractivity contribution in [3.05, 3.63) is 35.6 Å². The molecular formula is C12H17FO. The molecule has 2 heteroatoms. The van der Waals surface area contributed by atoms with Gasteiger partial charge in [-0.25, -0.2) is 4.39 Å². The minimum atomic E-state index is -0.221. The summed E-state index contributed by atoms with van der Waals surface area (Å²) >= 11 is 0. The lowest BCUT2D eigenvalue weighted by Gasteiger charge is -2.31. The zero-order valence-electron chi connectivity index (χ0n) is 8.92. The number of hydrogen-bond acceptors (Lipinski definition) is 1. The van der Waals surface area contributed by atoms with Gasteiger partial charge in [0, 0.05) is 6.61 Å². The first-order valence-corrected chi connectivity index (χ1v) is 4.85. The van der Waals surface area contributed by atoms with Gasteiger partial charge in [0.15, 0.2) is 0 Å². The molecule has 0 saturated heterocycles. The SMILES string of the molecule is C[C@@H](CO)C(C)(C)c1ccc(F)cc1. The van der Waals surface area contributed by atoms with E-state index in [2.05, 4.69) is 13.8 Å². The van der Waals surface area contributed by atoms with Crippen molar-refractivity contribution in [3.8, 4) is 0 Å². The third kappa shape index (κ3) is 2.13. The Balaban J connectivity index is 2.97. The standard InChI is InChI=1S/C12H17FO/c1-9(8-14)12(2,3)10-4-6-11(13)7-5-10/h4-7,9,14H,8H2,1-3H3/t9-/m0/s1. The van der Waals surface area contributed by atoms with Crippen LogP contribution in [0.3, 0.4) is 0 Å². The Morgan fingerprint density at radius 1 is 1.29 bits per heavy atom. The van der Waals surface area contributed by atoms with Crippen molar-refractivity contribution in [1.29, 1.82) is 0 Å². The van der Waals surface area contributed by atoms with E-state index in [9.17, 15) is 4.39 Å². The van der Waals surface area contributed by atoms with Gasteiger partial charge in [-0.3, -0.25) is 0 Å². The first-order chi connectivity index (χ1) is 6.48. The van der Waals surface area contributed by atoms with E-state index in [1.54, 1.807) is 12.1 Å². The average Bonchev–Trinajstić information content (AvgIpc) is 2.17. The molecule has 0 unspecified atom stereocenters. The van der Waals surface area contributed by atoms with E-state index in [4.69, 9.17) is 5.11 Å². The summed E-state index contributed by atoms with van der Waals surface area (Å²) in [6.45, 7) is 6.25. The van der Waals surface area contributed by atoms with Crippen LogP contribution in [0.2, 0.25) is 0 Å². The molecule has 14 heavy (non-hydrogen) atoms. The van der Waals surface area contributed by atoms with E-state index in [0.29, 0.717) is 0 Å². The molecule has 1 N–H and O–H groups in total. The van der Waals surface area contributed by atoms with Crippen LogP contribution in [0, 0.1) is 11.7 Å². The molecular weight excluding hydrogens is 179 g/mol. The molecule has 0 radical (unpaired) electrons. The molecule has 0 aliphatic rings. The third-order valence-electron chi connectivity index (χ3n) is 3.09. The fourth-order valence-corrected chi connectivity index (χ4v) is 1.39. The second-order valence-corrected chi connectivity index (χ2v) is 4.31. The van der Waals surface area contributed by atoms with Gasteiger partial charge in [0.1, 0.15) is 5.82 Å². The molecule has 78 valence electrons. The zero-order chi connectivity index (χ0) is 10.8. The van der Waals surface area contributed by atoms with Crippen molar-refractivity contribution in [2.24, 2.45) is 5.92 Å². The van der Waals surface area contributed by atoms with Gasteiger partial charge in [-0.2, -0.15) is 0 Å². The van der Waals surface area contributed by atoms with Crippen molar-refractivity contribution in [2.45, 2.75) is 26.2 Å². The minimum Gasteiger partial charge on any atom is -0.396 e. The fraction of sp³-hybridized carbons (Fsp3) is 0.500. The van der Waals surface area contributed by atoms with E-state index in [1.807, 2.05) is 6.92 Å². The summed E-state index contributed by atoms with van der Waals surface area (Å²) in [7, 11) is 0. The highest BCUT2D eigenvalue weighted by Crippen LogP contribution is 2.31. The van der Waals surface area contributed by atoms with Crippen LogP contribution in [0.15, 0.2) is 24.3 Å². The highest BCUT2D eigenvalue weighted by Gasteiger charge is 2.27. The average molecular weight is 196 g/mol. The molecule has 1 aromatic carbocycles. The summed E-state index contributed by atoms with van der Waals surface area (Å²) < 4.78 is 12.7. The fourth-order valence-electron chi connectivity index (χ4n) is 1.39. The summed E-state index contributed by atoms with van der Waals surface area (Å²) in [5.74, 6) is -0.0610. The molecule has 0 spiro atoms. The van der Waals surface area contributed by atoms with Crippen molar-refractivity contribution in [1.82, 2.24) is 0 Å². The summed E-state index contributed by atoms with van der Waals surface area (Å²) in [5.41, 5.74) is 0.933. The molecule has 0 amide bonds. The highest BCUT2D eigenvalue weighted by atomic mass is 19.1. The first kappa shape index (κ1) is 11.2. The second kappa shape index (κ2) is 4.09. The summed E-state index contributed by atoms with van der Waals surface area (Å²) in [5, 5.41) is 9.11. The number of hydrogen-bond donors (Lipinski definition) is 1. The van der Waals surface area contributed by atoms with E-state index in [-0.39, 0.29) is 23.8 Å². The van der Waals surface area contributed by atoms with Gasteiger partial charge in [0.05, 0.1) is 0 Å². The van der Waals surface area contributed by atoms with Gasteiger partial charge < -0.3 is 5.11 Å². The lowest BCUT2D eigenvalue weighted by atomic mass is 9.75. The molecule has 0 aliphatic carbocycles. The molecule has 1 atom stereocenters. The van der Waals surface area contributed by atoms with Crippen LogP contribution in [-0.4, -0.2) is 11.7 Å². The lowest BCUT2D eigenvalue weighted by Crippen LogP contribution is -2.29. The van der Waals surface area contributed by atoms with Gasteiger partial charge in [0.25, 0.3) is 0 Å². The Bertz CT molecular complexity index is 290. The maximum atomic E-state index is 12.7. The number of aliphatic hydroxyl groups excluding tert-OH is 1. The van der Waals surface area contributed by atoms with E-state index in [0.717, 1.165) is 5.56 Å². The molecule has 0 fully saturated rings. The second-order valence-electron chi connectivity index (χ2n) is 4.31. The van der Waals surface area contributed by atoms with E-state index in [1.165, 1.54) is 12.1 Å². The maximum absolute atomic E-state index is 12.7. The van der Waals surface area contributed by atoms with Crippen LogP contribution in [0.1, 0.15) is 26.3 Å². The van der Waals surface area contributed by atoms with Crippen molar-refractivity contribution in [2.75, 3.05) is 6.61 Å². The topological polar surface area (TPSA) is 20.2 Å². The summed E-state index contributed by atoms with van der Waals surface area (Å²) in [6, 6.07) is 6.48. The Hall–Kier alpha value is -0.890.